The Bertz CT molecular complexity index is 978. The predicted molar refractivity (Wildman–Crippen MR) is 103 cm³/mol. The highest BCUT2D eigenvalue weighted by atomic mass is 32.2. The van der Waals surface area contributed by atoms with Crippen molar-refractivity contribution in [3.63, 3.8) is 0 Å². The van der Waals surface area contributed by atoms with E-state index in [1.165, 1.54) is 10.4 Å². The van der Waals surface area contributed by atoms with Crippen LogP contribution in [0.2, 0.25) is 0 Å². The van der Waals surface area contributed by atoms with Gasteiger partial charge in [-0.25, -0.2) is 13.2 Å². The van der Waals surface area contributed by atoms with E-state index in [1.807, 2.05) is 32.9 Å². The second-order valence-corrected chi connectivity index (χ2v) is 9.05. The summed E-state index contributed by atoms with van der Waals surface area (Å²) in [4.78, 5) is 11.9. The number of rotatable bonds is 4. The van der Waals surface area contributed by atoms with Crippen molar-refractivity contribution >= 4 is 10.0 Å². The van der Waals surface area contributed by atoms with Crippen LogP contribution in [0.15, 0.2) is 38.4 Å². The first-order chi connectivity index (χ1) is 12.7. The maximum atomic E-state index is 13.1. The second kappa shape index (κ2) is 7.48. The zero-order chi connectivity index (χ0) is 19.8. The van der Waals surface area contributed by atoms with E-state index in [4.69, 9.17) is 9.15 Å². The highest BCUT2D eigenvalue weighted by Crippen LogP contribution is 2.28. The first kappa shape index (κ1) is 19.6. The molecule has 0 amide bonds. The quantitative estimate of drug-likeness (QED) is 0.800. The molecule has 0 bridgehead atoms. The molecule has 1 aromatic heterocycles. The average molecular weight is 391 g/mol. The van der Waals surface area contributed by atoms with Gasteiger partial charge < -0.3 is 9.15 Å². The summed E-state index contributed by atoms with van der Waals surface area (Å²) in [7, 11) is -3.54. The summed E-state index contributed by atoms with van der Waals surface area (Å²) >= 11 is 0. The van der Waals surface area contributed by atoms with Crippen molar-refractivity contribution in [2.75, 3.05) is 13.1 Å². The summed E-state index contributed by atoms with van der Waals surface area (Å²) in [6.45, 7) is 8.11. The van der Waals surface area contributed by atoms with Gasteiger partial charge in [0, 0.05) is 19.2 Å². The number of benzene rings is 1. The summed E-state index contributed by atoms with van der Waals surface area (Å²) < 4.78 is 38.6. The molecule has 1 fully saturated rings. The van der Waals surface area contributed by atoms with Gasteiger partial charge in [0.25, 0.3) is 0 Å². The second-order valence-electron chi connectivity index (χ2n) is 7.17. The van der Waals surface area contributed by atoms with Crippen molar-refractivity contribution in [3.8, 4) is 5.75 Å². The zero-order valence-corrected chi connectivity index (χ0v) is 16.9. The SMILES string of the molecule is Cc1cc(C)c(S(=O)(=O)N2CCC(Oc3cc(C)oc(=O)c3)CC2)c(C)c1. The van der Waals surface area contributed by atoms with Crippen molar-refractivity contribution < 1.29 is 17.6 Å². The topological polar surface area (TPSA) is 76.8 Å². The Morgan fingerprint density at radius 3 is 2.15 bits per heavy atom. The van der Waals surface area contributed by atoms with E-state index in [2.05, 4.69) is 0 Å². The monoisotopic (exact) mass is 391 g/mol. The molecule has 0 unspecified atom stereocenters. The molecule has 0 radical (unpaired) electrons. The Morgan fingerprint density at radius 1 is 1.00 bits per heavy atom. The number of nitrogens with zero attached hydrogens (tertiary/aromatic N) is 1. The average Bonchev–Trinajstić information content (AvgIpc) is 2.53. The lowest BCUT2D eigenvalue weighted by atomic mass is 10.1. The molecule has 0 saturated carbocycles. The van der Waals surface area contributed by atoms with E-state index in [-0.39, 0.29) is 6.10 Å². The zero-order valence-electron chi connectivity index (χ0n) is 16.1. The van der Waals surface area contributed by atoms with Crippen LogP contribution in [0.3, 0.4) is 0 Å². The summed E-state index contributed by atoms with van der Waals surface area (Å²) in [6, 6.07) is 6.79. The lowest BCUT2D eigenvalue weighted by molar-refractivity contribution is 0.134. The van der Waals surface area contributed by atoms with Crippen LogP contribution in [0.25, 0.3) is 0 Å². The molecule has 3 rings (SSSR count). The van der Waals surface area contributed by atoms with Crippen LogP contribution in [0, 0.1) is 27.7 Å². The van der Waals surface area contributed by atoms with Crippen LogP contribution in [0.1, 0.15) is 35.3 Å². The van der Waals surface area contributed by atoms with E-state index in [1.54, 1.807) is 13.0 Å². The molecule has 1 aromatic carbocycles. The van der Waals surface area contributed by atoms with Gasteiger partial charge in [-0.15, -0.1) is 0 Å². The van der Waals surface area contributed by atoms with E-state index < -0.39 is 15.6 Å². The first-order valence-electron chi connectivity index (χ1n) is 9.03. The normalized spacial score (nSPS) is 16.4. The van der Waals surface area contributed by atoms with Crippen molar-refractivity contribution in [1.29, 1.82) is 0 Å². The molecule has 0 spiro atoms. The molecule has 0 N–H and O–H groups in total. The van der Waals surface area contributed by atoms with Crippen molar-refractivity contribution in [2.45, 2.75) is 51.5 Å². The number of piperidine rings is 1. The maximum Gasteiger partial charge on any atom is 0.339 e. The largest absolute Gasteiger partial charge is 0.490 e. The van der Waals surface area contributed by atoms with Crippen LogP contribution >= 0.6 is 0 Å². The molecule has 0 aliphatic carbocycles. The molecule has 2 heterocycles. The minimum absolute atomic E-state index is 0.127. The fourth-order valence-corrected chi connectivity index (χ4v) is 5.61. The number of hydrogen-bond acceptors (Lipinski definition) is 5. The van der Waals surface area contributed by atoms with Gasteiger partial charge >= 0.3 is 5.63 Å². The minimum atomic E-state index is -3.54. The minimum Gasteiger partial charge on any atom is -0.490 e. The third kappa shape index (κ3) is 4.25. The molecule has 1 aliphatic rings. The Balaban J connectivity index is 1.72. The molecule has 1 aliphatic heterocycles. The van der Waals surface area contributed by atoms with Crippen molar-refractivity contribution in [1.82, 2.24) is 4.31 Å². The Morgan fingerprint density at radius 2 is 1.59 bits per heavy atom. The van der Waals surface area contributed by atoms with Crippen LogP contribution in [0.4, 0.5) is 0 Å². The third-order valence-corrected chi connectivity index (χ3v) is 6.98. The lowest BCUT2D eigenvalue weighted by Crippen LogP contribution is -2.42. The van der Waals surface area contributed by atoms with Gasteiger partial charge in [0.1, 0.15) is 17.6 Å². The Labute approximate surface area is 159 Å². The number of sulfonamides is 1. The van der Waals surface area contributed by atoms with E-state index >= 15 is 0 Å². The van der Waals surface area contributed by atoms with E-state index in [9.17, 15) is 13.2 Å². The molecular weight excluding hydrogens is 366 g/mol. The van der Waals surface area contributed by atoms with Gasteiger partial charge in [-0.3, -0.25) is 0 Å². The highest BCUT2D eigenvalue weighted by molar-refractivity contribution is 7.89. The number of ether oxygens (including phenoxy) is 1. The number of aryl methyl sites for hydroxylation is 4. The molecule has 27 heavy (non-hydrogen) atoms. The van der Waals surface area contributed by atoms with Crippen LogP contribution in [-0.2, 0) is 10.0 Å². The third-order valence-electron chi connectivity index (χ3n) is 4.77. The van der Waals surface area contributed by atoms with Crippen LogP contribution in [-0.4, -0.2) is 31.9 Å². The summed E-state index contributed by atoms with van der Waals surface area (Å²) in [5, 5.41) is 0. The highest BCUT2D eigenvalue weighted by Gasteiger charge is 2.32. The van der Waals surface area contributed by atoms with E-state index in [0.717, 1.165) is 16.7 Å². The Hall–Kier alpha value is -2.12. The van der Waals surface area contributed by atoms with Crippen LogP contribution < -0.4 is 10.4 Å². The summed E-state index contributed by atoms with van der Waals surface area (Å²) in [5.41, 5.74) is 2.16. The van der Waals surface area contributed by atoms with Gasteiger partial charge in [-0.1, -0.05) is 17.7 Å². The summed E-state index contributed by atoms with van der Waals surface area (Å²) in [6.07, 6.45) is 1.02. The first-order valence-corrected chi connectivity index (χ1v) is 10.5. The molecule has 2 aromatic rings. The molecule has 0 atom stereocenters. The molecule has 1 saturated heterocycles. The van der Waals surface area contributed by atoms with Gasteiger partial charge in [0.15, 0.2) is 0 Å². The molecule has 146 valence electrons. The Kier molecular flexibility index (Phi) is 5.44. The standard InChI is InChI=1S/C20H25NO5S/c1-13-9-14(2)20(15(3)10-13)27(23,24)21-7-5-17(6-8-21)26-18-11-16(4)25-19(22)12-18/h9-12,17H,5-8H2,1-4H3. The fourth-order valence-electron chi connectivity index (χ4n) is 3.73. The fraction of sp³-hybridized carbons (Fsp3) is 0.450. The van der Waals surface area contributed by atoms with E-state index in [0.29, 0.717) is 42.3 Å². The number of hydrogen-bond donors (Lipinski definition) is 0. The van der Waals surface area contributed by atoms with Gasteiger partial charge in [-0.05, 0) is 51.7 Å². The lowest BCUT2D eigenvalue weighted by Gasteiger charge is -2.32. The van der Waals surface area contributed by atoms with Gasteiger partial charge in [-0.2, -0.15) is 4.31 Å². The van der Waals surface area contributed by atoms with Crippen molar-refractivity contribution in [2.24, 2.45) is 0 Å². The molecular formula is C20H25NO5S. The van der Waals surface area contributed by atoms with Gasteiger partial charge in [0.05, 0.1) is 11.0 Å². The maximum absolute atomic E-state index is 13.1. The predicted octanol–water partition coefficient (Wildman–Crippen LogP) is 3.11. The smallest absolute Gasteiger partial charge is 0.339 e. The molecule has 6 nitrogen and oxygen atoms in total. The van der Waals surface area contributed by atoms with Crippen LogP contribution in [0.5, 0.6) is 5.75 Å². The van der Waals surface area contributed by atoms with Crippen molar-refractivity contribution in [3.05, 3.63) is 57.1 Å². The van der Waals surface area contributed by atoms with Gasteiger partial charge in [0.2, 0.25) is 10.0 Å². The summed E-state index contributed by atoms with van der Waals surface area (Å²) in [5.74, 6) is 0.957. The molecule has 7 heteroatoms.